The van der Waals surface area contributed by atoms with Gasteiger partial charge in [-0.25, -0.2) is 0 Å². The van der Waals surface area contributed by atoms with Gasteiger partial charge < -0.3 is 9.57 Å². The highest BCUT2D eigenvalue weighted by atomic mass is 35.5. The van der Waals surface area contributed by atoms with Gasteiger partial charge >= 0.3 is 6.18 Å². The second kappa shape index (κ2) is 9.01. The molecule has 0 unspecified atom stereocenters. The third-order valence-electron chi connectivity index (χ3n) is 4.15. The van der Waals surface area contributed by atoms with Gasteiger partial charge in [0.15, 0.2) is 0 Å². The second-order valence-corrected chi connectivity index (χ2v) is 6.53. The maximum Gasteiger partial charge on any atom is 0.416 e. The van der Waals surface area contributed by atoms with Crippen LogP contribution >= 0.6 is 11.6 Å². The molecule has 3 aromatic rings. The van der Waals surface area contributed by atoms with Gasteiger partial charge in [0.25, 0.3) is 0 Å². The zero-order valence-electron chi connectivity index (χ0n) is 15.4. The molecule has 3 nitrogen and oxygen atoms in total. The highest BCUT2D eigenvalue weighted by Crippen LogP contribution is 2.30. The van der Waals surface area contributed by atoms with E-state index in [9.17, 15) is 13.2 Å². The average Bonchev–Trinajstić information content (AvgIpc) is 2.71. The molecule has 0 spiro atoms. The lowest BCUT2D eigenvalue weighted by Crippen LogP contribution is -2.10. The van der Waals surface area contributed by atoms with Gasteiger partial charge in [-0.15, -0.1) is 0 Å². The topological polar surface area (TPSA) is 30.8 Å². The molecule has 0 saturated carbocycles. The van der Waals surface area contributed by atoms with E-state index in [2.05, 4.69) is 5.16 Å². The van der Waals surface area contributed by atoms with E-state index in [1.54, 1.807) is 12.1 Å². The molecule has 150 valence electrons. The van der Waals surface area contributed by atoms with Crippen molar-refractivity contribution in [3.63, 3.8) is 0 Å². The molecule has 29 heavy (non-hydrogen) atoms. The van der Waals surface area contributed by atoms with Crippen LogP contribution in [0.15, 0.2) is 78.0 Å². The summed E-state index contributed by atoms with van der Waals surface area (Å²) < 4.78 is 43.8. The van der Waals surface area contributed by atoms with E-state index >= 15 is 0 Å². The molecule has 0 radical (unpaired) electrons. The molecule has 0 aliphatic heterocycles. The summed E-state index contributed by atoms with van der Waals surface area (Å²) in [5.41, 5.74) is 2.26. The van der Waals surface area contributed by atoms with Crippen LogP contribution < -0.4 is 4.74 Å². The first-order valence-corrected chi connectivity index (χ1v) is 9.01. The molecule has 0 aliphatic carbocycles. The summed E-state index contributed by atoms with van der Waals surface area (Å²) in [5.74, 6) is 0.338. The monoisotopic (exact) mass is 419 g/mol. The Morgan fingerprint density at radius 1 is 0.931 bits per heavy atom. The molecule has 0 fully saturated rings. The summed E-state index contributed by atoms with van der Waals surface area (Å²) >= 11 is 5.97. The standard InChI is InChI=1S/C22H17ClF3NO2/c1-28-27-21(15-6-10-18(23)11-7-15)20-5-3-2-4-16(20)14-29-19-12-8-17(9-13-19)22(24,25)26/h2-13H,14H2,1H3/b27-21+. The first kappa shape index (κ1) is 20.7. The summed E-state index contributed by atoms with van der Waals surface area (Å²) in [6, 6.07) is 19.2. The lowest BCUT2D eigenvalue weighted by Gasteiger charge is -2.14. The molecule has 3 rings (SSSR count). The fourth-order valence-corrected chi connectivity index (χ4v) is 2.86. The molecule has 3 aromatic carbocycles. The number of oxime groups is 1. The molecule has 0 N–H and O–H groups in total. The van der Waals surface area contributed by atoms with Crippen molar-refractivity contribution >= 4 is 17.3 Å². The normalized spacial score (nSPS) is 12.0. The predicted molar refractivity (Wildman–Crippen MR) is 106 cm³/mol. The average molecular weight is 420 g/mol. The van der Waals surface area contributed by atoms with Crippen LogP contribution in [0.25, 0.3) is 0 Å². The van der Waals surface area contributed by atoms with Gasteiger partial charge in [-0.05, 0) is 42.0 Å². The number of hydrogen-bond donors (Lipinski definition) is 0. The third kappa shape index (κ3) is 5.29. The zero-order chi connectivity index (χ0) is 20.9. The molecular formula is C22H17ClF3NO2. The van der Waals surface area contributed by atoms with Crippen LogP contribution in [0.5, 0.6) is 5.75 Å². The third-order valence-corrected chi connectivity index (χ3v) is 4.40. The van der Waals surface area contributed by atoms with Gasteiger partial charge in [0.05, 0.1) is 5.56 Å². The SMILES string of the molecule is CO/N=C(\c1ccc(Cl)cc1)c1ccccc1COc1ccc(C(F)(F)F)cc1. The predicted octanol–water partition coefficient (Wildman–Crippen LogP) is 6.34. The van der Waals surface area contributed by atoms with Gasteiger partial charge in [-0.1, -0.05) is 53.2 Å². The molecule has 0 atom stereocenters. The lowest BCUT2D eigenvalue weighted by molar-refractivity contribution is -0.137. The minimum Gasteiger partial charge on any atom is -0.489 e. The smallest absolute Gasteiger partial charge is 0.416 e. The Hall–Kier alpha value is -2.99. The summed E-state index contributed by atoms with van der Waals surface area (Å²) in [7, 11) is 1.46. The maximum absolute atomic E-state index is 12.7. The molecule has 0 aliphatic rings. The summed E-state index contributed by atoms with van der Waals surface area (Å²) in [6.07, 6.45) is -4.38. The number of halogens is 4. The van der Waals surface area contributed by atoms with E-state index in [0.717, 1.165) is 28.8 Å². The number of nitrogens with zero attached hydrogens (tertiary/aromatic N) is 1. The Morgan fingerprint density at radius 3 is 2.21 bits per heavy atom. The van der Waals surface area contributed by atoms with E-state index in [-0.39, 0.29) is 6.61 Å². The fourth-order valence-electron chi connectivity index (χ4n) is 2.73. The number of benzene rings is 3. The van der Waals surface area contributed by atoms with Crippen molar-refractivity contribution in [3.05, 3.63) is 100 Å². The first-order valence-electron chi connectivity index (χ1n) is 8.64. The summed E-state index contributed by atoms with van der Waals surface area (Å²) in [4.78, 5) is 5.01. The first-order chi connectivity index (χ1) is 13.9. The summed E-state index contributed by atoms with van der Waals surface area (Å²) in [5, 5.41) is 4.74. The Balaban J connectivity index is 1.84. The molecule has 0 aromatic heterocycles. The maximum atomic E-state index is 12.7. The van der Waals surface area contributed by atoms with E-state index in [1.807, 2.05) is 36.4 Å². The van der Waals surface area contributed by atoms with Crippen molar-refractivity contribution in [1.82, 2.24) is 0 Å². The quantitative estimate of drug-likeness (QED) is 0.345. The minimum absolute atomic E-state index is 0.151. The van der Waals surface area contributed by atoms with Crippen molar-refractivity contribution in [1.29, 1.82) is 0 Å². The zero-order valence-corrected chi connectivity index (χ0v) is 16.2. The second-order valence-electron chi connectivity index (χ2n) is 6.10. The Morgan fingerprint density at radius 2 is 1.59 bits per heavy atom. The van der Waals surface area contributed by atoms with Crippen molar-refractivity contribution in [2.24, 2.45) is 5.16 Å². The highest BCUT2D eigenvalue weighted by molar-refractivity contribution is 6.30. The van der Waals surface area contributed by atoms with Crippen molar-refractivity contribution in [3.8, 4) is 5.75 Å². The largest absolute Gasteiger partial charge is 0.489 e. The number of alkyl halides is 3. The molecular weight excluding hydrogens is 403 g/mol. The van der Waals surface area contributed by atoms with Crippen molar-refractivity contribution in [2.45, 2.75) is 12.8 Å². The Labute approximate surface area is 171 Å². The number of hydrogen-bond acceptors (Lipinski definition) is 3. The van der Waals surface area contributed by atoms with Gasteiger partial charge in [0.2, 0.25) is 0 Å². The van der Waals surface area contributed by atoms with Crippen molar-refractivity contribution < 1.29 is 22.7 Å². The highest BCUT2D eigenvalue weighted by Gasteiger charge is 2.30. The van der Waals surface area contributed by atoms with Crippen LogP contribution in [0.1, 0.15) is 22.3 Å². The van der Waals surface area contributed by atoms with Gasteiger partial charge in [0.1, 0.15) is 25.2 Å². The van der Waals surface area contributed by atoms with E-state index < -0.39 is 11.7 Å². The van der Waals surface area contributed by atoms with Crippen molar-refractivity contribution in [2.75, 3.05) is 7.11 Å². The van der Waals surface area contributed by atoms with E-state index in [1.165, 1.54) is 19.2 Å². The molecule has 0 saturated heterocycles. The molecule has 7 heteroatoms. The van der Waals surface area contributed by atoms with Gasteiger partial charge in [0, 0.05) is 16.1 Å². The minimum atomic E-state index is -4.38. The van der Waals surface area contributed by atoms with Crippen LogP contribution in [0.3, 0.4) is 0 Å². The van der Waals surface area contributed by atoms with Gasteiger partial charge in [-0.2, -0.15) is 13.2 Å². The van der Waals surface area contributed by atoms with E-state index in [0.29, 0.717) is 16.5 Å². The summed E-state index contributed by atoms with van der Waals surface area (Å²) in [6.45, 7) is 0.151. The molecule has 0 bridgehead atoms. The molecule has 0 amide bonds. The van der Waals surface area contributed by atoms with Crippen LogP contribution in [0.2, 0.25) is 5.02 Å². The van der Waals surface area contributed by atoms with Crippen LogP contribution in [0.4, 0.5) is 13.2 Å². The van der Waals surface area contributed by atoms with Crippen LogP contribution in [0, 0.1) is 0 Å². The fraction of sp³-hybridized carbons (Fsp3) is 0.136. The van der Waals surface area contributed by atoms with Gasteiger partial charge in [-0.3, -0.25) is 0 Å². The molecule has 0 heterocycles. The number of rotatable bonds is 6. The Kier molecular flexibility index (Phi) is 6.44. The van der Waals surface area contributed by atoms with Crippen LogP contribution in [-0.2, 0) is 17.6 Å². The van der Waals surface area contributed by atoms with E-state index in [4.69, 9.17) is 21.2 Å². The van der Waals surface area contributed by atoms with Crippen LogP contribution in [-0.4, -0.2) is 12.8 Å². The lowest BCUT2D eigenvalue weighted by atomic mass is 9.98. The Bertz CT molecular complexity index is 984. The number of ether oxygens (including phenoxy) is 1.